The molecule has 2 heteroatoms. The lowest BCUT2D eigenvalue weighted by atomic mass is 9.95. The van der Waals surface area contributed by atoms with Gasteiger partial charge in [0.1, 0.15) is 11.5 Å². The van der Waals surface area contributed by atoms with Gasteiger partial charge in [-0.3, -0.25) is 0 Å². The Balaban J connectivity index is 1.47. The highest BCUT2D eigenvalue weighted by Gasteiger charge is 2.36. The van der Waals surface area contributed by atoms with Crippen molar-refractivity contribution < 1.29 is 10.2 Å². The molecule has 2 saturated carbocycles. The van der Waals surface area contributed by atoms with Crippen LogP contribution in [0.25, 0.3) is 0 Å². The molecule has 0 radical (unpaired) electrons. The Labute approximate surface area is 147 Å². The van der Waals surface area contributed by atoms with Gasteiger partial charge in [-0.15, -0.1) is 0 Å². The number of benzene rings is 1. The monoisotopic (exact) mass is 330 g/mol. The van der Waals surface area contributed by atoms with E-state index >= 15 is 0 Å². The normalized spacial score (nSPS) is 20.1. The molecule has 0 amide bonds. The Morgan fingerprint density at radius 3 is 1.54 bits per heavy atom. The van der Waals surface area contributed by atoms with Crippen molar-refractivity contribution in [3.8, 4) is 11.5 Å². The molecule has 24 heavy (non-hydrogen) atoms. The Kier molecular flexibility index (Phi) is 5.13. The van der Waals surface area contributed by atoms with Crippen LogP contribution in [0.4, 0.5) is 0 Å². The number of phenols is 2. The van der Waals surface area contributed by atoms with E-state index in [2.05, 4.69) is 13.8 Å². The van der Waals surface area contributed by atoms with Crippen LogP contribution in [0.5, 0.6) is 11.5 Å². The molecular formula is C22H34O2. The average molecular weight is 331 g/mol. The van der Waals surface area contributed by atoms with E-state index in [1.54, 1.807) is 12.1 Å². The lowest BCUT2D eigenvalue weighted by molar-refractivity contribution is 0.438. The fraction of sp³-hybridized carbons (Fsp3) is 0.727. The highest BCUT2D eigenvalue weighted by atomic mass is 16.3. The molecule has 0 unspecified atom stereocenters. The zero-order valence-corrected chi connectivity index (χ0v) is 15.5. The molecule has 1 aromatic rings. The van der Waals surface area contributed by atoms with Gasteiger partial charge >= 0.3 is 0 Å². The van der Waals surface area contributed by atoms with Gasteiger partial charge in [-0.05, 0) is 98.3 Å². The molecule has 0 heterocycles. The van der Waals surface area contributed by atoms with Gasteiger partial charge < -0.3 is 10.2 Å². The molecule has 2 aliphatic carbocycles. The number of hydrogen-bond donors (Lipinski definition) is 2. The lowest BCUT2D eigenvalue weighted by Gasteiger charge is -2.13. The Bertz CT molecular complexity index is 520. The molecule has 2 nitrogen and oxygen atoms in total. The molecule has 0 bridgehead atoms. The summed E-state index contributed by atoms with van der Waals surface area (Å²) in [6.45, 7) is 4.75. The highest BCUT2D eigenvalue weighted by molar-refractivity contribution is 5.46. The Morgan fingerprint density at radius 1 is 0.750 bits per heavy atom. The smallest absolute Gasteiger partial charge is 0.122 e. The van der Waals surface area contributed by atoms with Crippen molar-refractivity contribution in [2.75, 3.05) is 0 Å². The number of rotatable bonds is 10. The maximum absolute atomic E-state index is 10.5. The molecule has 2 fully saturated rings. The summed E-state index contributed by atoms with van der Waals surface area (Å²) in [5, 5.41) is 20.5. The second-order valence-corrected chi connectivity index (χ2v) is 9.15. The minimum atomic E-state index is 0.307. The van der Waals surface area contributed by atoms with E-state index < -0.39 is 0 Å². The fourth-order valence-corrected chi connectivity index (χ4v) is 3.78. The zero-order valence-electron chi connectivity index (χ0n) is 15.5. The van der Waals surface area contributed by atoms with E-state index in [4.69, 9.17) is 0 Å². The third kappa shape index (κ3) is 4.91. The summed E-state index contributed by atoms with van der Waals surface area (Å²) < 4.78 is 0. The number of hydrogen-bond acceptors (Lipinski definition) is 2. The quantitative estimate of drug-likeness (QED) is 0.400. The average Bonchev–Trinajstić information content (AvgIpc) is 3.44. The van der Waals surface area contributed by atoms with E-state index in [0.29, 0.717) is 22.3 Å². The summed E-state index contributed by atoms with van der Waals surface area (Å²) in [5.41, 5.74) is 3.09. The van der Waals surface area contributed by atoms with Crippen LogP contribution in [-0.4, -0.2) is 10.2 Å². The molecule has 0 aliphatic heterocycles. The van der Waals surface area contributed by atoms with E-state index in [1.807, 2.05) is 0 Å². The van der Waals surface area contributed by atoms with Crippen molar-refractivity contribution in [2.45, 2.75) is 90.9 Å². The van der Waals surface area contributed by atoms with Gasteiger partial charge in [-0.1, -0.05) is 26.7 Å². The molecule has 2 aliphatic rings. The topological polar surface area (TPSA) is 40.5 Å². The first-order valence-corrected chi connectivity index (χ1v) is 9.93. The predicted molar refractivity (Wildman–Crippen MR) is 99.6 cm³/mol. The second-order valence-electron chi connectivity index (χ2n) is 9.15. The predicted octanol–water partition coefficient (Wildman–Crippen LogP) is 6.12. The Hall–Kier alpha value is -1.18. The van der Waals surface area contributed by atoms with Crippen molar-refractivity contribution in [1.82, 2.24) is 0 Å². The number of phenolic OH excluding ortho intramolecular Hbond substituents is 2. The van der Waals surface area contributed by atoms with Gasteiger partial charge in [0.25, 0.3) is 0 Å². The van der Waals surface area contributed by atoms with Crippen LogP contribution >= 0.6 is 0 Å². The number of aryl methyl sites for hydroxylation is 2. The van der Waals surface area contributed by atoms with Gasteiger partial charge in [0.15, 0.2) is 0 Å². The maximum Gasteiger partial charge on any atom is 0.122 e. The van der Waals surface area contributed by atoms with E-state index in [9.17, 15) is 10.2 Å². The van der Waals surface area contributed by atoms with Crippen LogP contribution in [0.3, 0.4) is 0 Å². The molecule has 0 saturated heterocycles. The molecule has 0 atom stereocenters. The van der Waals surface area contributed by atoms with Crippen molar-refractivity contribution >= 4 is 0 Å². The van der Waals surface area contributed by atoms with Crippen molar-refractivity contribution in [3.63, 3.8) is 0 Å². The molecule has 134 valence electrons. The summed E-state index contributed by atoms with van der Waals surface area (Å²) in [6, 6.07) is 3.51. The molecule has 1 aromatic carbocycles. The number of aromatic hydroxyl groups is 2. The SMILES string of the molecule is CC1(CCCCc2cc(O)cc(CCCCC3(C)CC3)c2O)CC1. The summed E-state index contributed by atoms with van der Waals surface area (Å²) in [6.07, 6.45) is 14.5. The lowest BCUT2D eigenvalue weighted by Crippen LogP contribution is -1.97. The molecule has 0 spiro atoms. The first-order chi connectivity index (χ1) is 11.4. The van der Waals surface area contributed by atoms with Crippen LogP contribution in [0, 0.1) is 10.8 Å². The molecule has 0 aromatic heterocycles. The summed E-state index contributed by atoms with van der Waals surface area (Å²) >= 11 is 0. The second kappa shape index (κ2) is 6.98. The number of unbranched alkanes of at least 4 members (excludes halogenated alkanes) is 2. The van der Waals surface area contributed by atoms with Crippen LogP contribution in [-0.2, 0) is 12.8 Å². The largest absolute Gasteiger partial charge is 0.508 e. The zero-order chi connectivity index (χ0) is 17.2. The van der Waals surface area contributed by atoms with E-state index in [0.717, 1.165) is 36.8 Å². The van der Waals surface area contributed by atoms with Crippen LogP contribution in [0.2, 0.25) is 0 Å². The molecule has 3 rings (SSSR count). The summed E-state index contributed by atoms with van der Waals surface area (Å²) in [7, 11) is 0. The van der Waals surface area contributed by atoms with Gasteiger partial charge in [-0.25, -0.2) is 0 Å². The first kappa shape index (κ1) is 17.6. The van der Waals surface area contributed by atoms with Crippen LogP contribution < -0.4 is 0 Å². The highest BCUT2D eigenvalue weighted by Crippen LogP contribution is 2.50. The van der Waals surface area contributed by atoms with Gasteiger partial charge in [0, 0.05) is 0 Å². The maximum atomic E-state index is 10.5. The summed E-state index contributed by atoms with van der Waals surface area (Å²) in [5.74, 6) is 0.740. The van der Waals surface area contributed by atoms with Crippen molar-refractivity contribution in [1.29, 1.82) is 0 Å². The van der Waals surface area contributed by atoms with Gasteiger partial charge in [0.2, 0.25) is 0 Å². The third-order valence-electron chi connectivity index (χ3n) is 6.41. The Morgan fingerprint density at radius 2 is 1.17 bits per heavy atom. The van der Waals surface area contributed by atoms with E-state index in [-0.39, 0.29) is 0 Å². The third-order valence-corrected chi connectivity index (χ3v) is 6.41. The molecular weight excluding hydrogens is 296 g/mol. The van der Waals surface area contributed by atoms with Crippen LogP contribution in [0.15, 0.2) is 12.1 Å². The van der Waals surface area contributed by atoms with Gasteiger partial charge in [-0.2, -0.15) is 0 Å². The van der Waals surface area contributed by atoms with E-state index in [1.165, 1.54) is 51.4 Å². The van der Waals surface area contributed by atoms with Gasteiger partial charge in [0.05, 0.1) is 0 Å². The van der Waals surface area contributed by atoms with Crippen LogP contribution in [0.1, 0.15) is 89.2 Å². The fourth-order valence-electron chi connectivity index (χ4n) is 3.78. The molecule has 2 N–H and O–H groups in total. The summed E-state index contributed by atoms with van der Waals surface area (Å²) in [4.78, 5) is 0. The van der Waals surface area contributed by atoms with Crippen molar-refractivity contribution in [2.24, 2.45) is 10.8 Å². The standard InChI is InChI=1S/C22H34O2/c1-21(11-12-21)9-5-3-7-17-15-19(23)16-18(20(17)24)8-4-6-10-22(2)13-14-22/h15-16,23-24H,3-14H2,1-2H3. The van der Waals surface area contributed by atoms with Crippen molar-refractivity contribution in [3.05, 3.63) is 23.3 Å². The minimum Gasteiger partial charge on any atom is -0.508 e. The first-order valence-electron chi connectivity index (χ1n) is 9.93. The minimum absolute atomic E-state index is 0.307.